The smallest absolute Gasteiger partial charge is 0.255 e. The highest BCUT2D eigenvalue weighted by Crippen LogP contribution is 2.28. The van der Waals surface area contributed by atoms with E-state index in [9.17, 15) is 14.0 Å². The van der Waals surface area contributed by atoms with E-state index < -0.39 is 11.7 Å². The van der Waals surface area contributed by atoms with Crippen LogP contribution in [0.4, 0.5) is 15.8 Å². The number of ether oxygens (including phenoxy) is 2. The molecule has 1 aliphatic heterocycles. The van der Waals surface area contributed by atoms with Crippen LogP contribution in [0.2, 0.25) is 0 Å². The van der Waals surface area contributed by atoms with E-state index in [4.69, 9.17) is 9.47 Å². The molecule has 1 aliphatic rings. The molecule has 1 saturated heterocycles. The first-order valence-corrected chi connectivity index (χ1v) is 9.80. The van der Waals surface area contributed by atoms with Crippen molar-refractivity contribution in [2.24, 2.45) is 0 Å². The van der Waals surface area contributed by atoms with Gasteiger partial charge in [-0.2, -0.15) is 0 Å². The Bertz CT molecular complexity index is 903. The van der Waals surface area contributed by atoms with Gasteiger partial charge < -0.3 is 20.1 Å². The number of benzene rings is 2. The van der Waals surface area contributed by atoms with E-state index in [-0.39, 0.29) is 22.5 Å². The highest BCUT2D eigenvalue weighted by Gasteiger charge is 2.16. The van der Waals surface area contributed by atoms with Crippen molar-refractivity contribution in [2.45, 2.75) is 0 Å². The maximum atomic E-state index is 13.7. The Kier molecular flexibility index (Phi) is 7.18. The van der Waals surface area contributed by atoms with Crippen LogP contribution in [0.5, 0.6) is 5.75 Å². The molecule has 0 aliphatic carbocycles. The monoisotopic (exact) mass is 465 g/mol. The summed E-state index contributed by atoms with van der Waals surface area (Å²) in [5, 5.41) is 5.51. The molecule has 0 bridgehead atoms. The summed E-state index contributed by atoms with van der Waals surface area (Å²) in [6, 6.07) is 9.01. The maximum absolute atomic E-state index is 13.7. The molecule has 2 N–H and O–H groups in total. The normalized spacial score (nSPS) is 14.3. The van der Waals surface area contributed by atoms with E-state index in [1.807, 2.05) is 4.90 Å². The first-order chi connectivity index (χ1) is 14.0. The maximum Gasteiger partial charge on any atom is 0.255 e. The number of nitrogens with zero attached hydrogens (tertiary/aromatic N) is 1. The second-order valence-corrected chi connectivity index (χ2v) is 7.29. The number of carbonyl (C=O) groups excluding carboxylic acids is 2. The number of hydrogen-bond acceptors (Lipinski definition) is 5. The standard InChI is InChI=1S/C20H21BrFN3O4/c1-28-18-5-3-14(23-20(27)13-2-4-15(21)16(22)10-13)11-17(18)24-19(26)12-25-6-8-29-9-7-25/h2-5,10-11H,6-9,12H2,1H3,(H,23,27)(H,24,26). The lowest BCUT2D eigenvalue weighted by atomic mass is 10.2. The lowest BCUT2D eigenvalue weighted by Crippen LogP contribution is -2.41. The summed E-state index contributed by atoms with van der Waals surface area (Å²) in [6.07, 6.45) is 0. The quantitative estimate of drug-likeness (QED) is 0.684. The van der Waals surface area contributed by atoms with E-state index >= 15 is 0 Å². The first-order valence-electron chi connectivity index (χ1n) is 9.00. The van der Waals surface area contributed by atoms with Gasteiger partial charge in [-0.15, -0.1) is 0 Å². The Morgan fingerprint density at radius 3 is 2.62 bits per heavy atom. The molecular weight excluding hydrogens is 445 g/mol. The van der Waals surface area contributed by atoms with Crippen molar-refractivity contribution in [2.75, 3.05) is 50.6 Å². The van der Waals surface area contributed by atoms with Crippen molar-refractivity contribution >= 4 is 39.1 Å². The molecule has 29 heavy (non-hydrogen) atoms. The number of rotatable bonds is 6. The molecule has 0 aromatic heterocycles. The van der Waals surface area contributed by atoms with E-state index in [2.05, 4.69) is 26.6 Å². The van der Waals surface area contributed by atoms with E-state index in [0.29, 0.717) is 43.4 Å². The summed E-state index contributed by atoms with van der Waals surface area (Å²) in [5.74, 6) is -0.715. The Hall–Kier alpha value is -2.49. The fourth-order valence-corrected chi connectivity index (χ4v) is 3.12. The van der Waals surface area contributed by atoms with Crippen LogP contribution in [0, 0.1) is 5.82 Å². The molecule has 2 aromatic carbocycles. The van der Waals surface area contributed by atoms with Crippen LogP contribution in [-0.2, 0) is 9.53 Å². The number of amides is 2. The van der Waals surface area contributed by atoms with Crippen LogP contribution in [0.25, 0.3) is 0 Å². The minimum atomic E-state index is -0.525. The van der Waals surface area contributed by atoms with Crippen molar-refractivity contribution in [3.63, 3.8) is 0 Å². The zero-order valence-corrected chi connectivity index (χ0v) is 17.4. The molecule has 0 atom stereocenters. The molecule has 1 fully saturated rings. The molecule has 7 nitrogen and oxygen atoms in total. The van der Waals surface area contributed by atoms with Crippen LogP contribution >= 0.6 is 15.9 Å². The predicted octanol–water partition coefficient (Wildman–Crippen LogP) is 3.12. The van der Waals surface area contributed by atoms with Gasteiger partial charge in [0.25, 0.3) is 5.91 Å². The molecule has 1 heterocycles. The lowest BCUT2D eigenvalue weighted by molar-refractivity contribution is -0.118. The fourth-order valence-electron chi connectivity index (χ4n) is 2.88. The minimum absolute atomic E-state index is 0.180. The number of nitrogens with one attached hydrogen (secondary N) is 2. The molecule has 0 radical (unpaired) electrons. The Balaban J connectivity index is 1.69. The van der Waals surface area contributed by atoms with Gasteiger partial charge in [0.1, 0.15) is 11.6 Å². The number of methoxy groups -OCH3 is 1. The number of halogens is 2. The van der Waals surface area contributed by atoms with Crippen molar-refractivity contribution in [3.05, 3.63) is 52.3 Å². The van der Waals surface area contributed by atoms with Crippen LogP contribution in [0.15, 0.2) is 40.9 Å². The third-order valence-corrected chi connectivity index (χ3v) is 5.03. The number of anilines is 2. The number of hydrogen-bond donors (Lipinski definition) is 2. The molecule has 2 aromatic rings. The molecule has 2 amide bonds. The largest absolute Gasteiger partial charge is 0.495 e. The van der Waals surface area contributed by atoms with Crippen molar-refractivity contribution < 1.29 is 23.5 Å². The van der Waals surface area contributed by atoms with Crippen molar-refractivity contribution in [1.29, 1.82) is 0 Å². The zero-order chi connectivity index (χ0) is 20.8. The summed E-state index contributed by atoms with van der Waals surface area (Å²) >= 11 is 3.06. The molecule has 0 unspecified atom stereocenters. The predicted molar refractivity (Wildman–Crippen MR) is 111 cm³/mol. The number of morpholine rings is 1. The SMILES string of the molecule is COc1ccc(NC(=O)c2ccc(Br)c(F)c2)cc1NC(=O)CN1CCOCC1. The average Bonchev–Trinajstić information content (AvgIpc) is 2.71. The molecule has 3 rings (SSSR count). The summed E-state index contributed by atoms with van der Waals surface area (Å²) in [6.45, 7) is 2.85. The van der Waals surface area contributed by atoms with Gasteiger partial charge in [0.15, 0.2) is 0 Å². The Labute approximate surface area is 176 Å². The van der Waals surface area contributed by atoms with Gasteiger partial charge in [-0.05, 0) is 52.3 Å². The zero-order valence-electron chi connectivity index (χ0n) is 15.8. The second-order valence-electron chi connectivity index (χ2n) is 6.43. The van der Waals surface area contributed by atoms with Gasteiger partial charge in [0, 0.05) is 24.3 Å². The fraction of sp³-hybridized carbons (Fsp3) is 0.300. The van der Waals surface area contributed by atoms with Crippen LogP contribution < -0.4 is 15.4 Å². The molecule has 9 heteroatoms. The van der Waals surface area contributed by atoms with Gasteiger partial charge in [0.2, 0.25) is 5.91 Å². The summed E-state index contributed by atoms with van der Waals surface area (Å²) in [5.41, 5.74) is 1.06. The third kappa shape index (κ3) is 5.75. The van der Waals surface area contributed by atoms with Crippen LogP contribution in [0.1, 0.15) is 10.4 Å². The highest BCUT2D eigenvalue weighted by atomic mass is 79.9. The number of carbonyl (C=O) groups is 2. The molecular formula is C20H21BrFN3O4. The first kappa shape index (κ1) is 21.2. The van der Waals surface area contributed by atoms with Gasteiger partial charge in [-0.25, -0.2) is 4.39 Å². The van der Waals surface area contributed by atoms with Gasteiger partial charge in [-0.3, -0.25) is 14.5 Å². The second kappa shape index (κ2) is 9.82. The van der Waals surface area contributed by atoms with Crippen molar-refractivity contribution in [1.82, 2.24) is 4.90 Å². The minimum Gasteiger partial charge on any atom is -0.495 e. The van der Waals surface area contributed by atoms with Crippen molar-refractivity contribution in [3.8, 4) is 5.75 Å². The molecule has 0 spiro atoms. The Morgan fingerprint density at radius 1 is 1.17 bits per heavy atom. The lowest BCUT2D eigenvalue weighted by Gasteiger charge is -2.26. The summed E-state index contributed by atoms with van der Waals surface area (Å²) < 4.78 is 24.5. The van der Waals surface area contributed by atoms with E-state index in [0.717, 1.165) is 6.07 Å². The summed E-state index contributed by atoms with van der Waals surface area (Å²) in [7, 11) is 1.50. The van der Waals surface area contributed by atoms with Crippen LogP contribution in [-0.4, -0.2) is 56.7 Å². The summed E-state index contributed by atoms with van der Waals surface area (Å²) in [4.78, 5) is 26.8. The van der Waals surface area contributed by atoms with Gasteiger partial charge in [-0.1, -0.05) is 0 Å². The average molecular weight is 466 g/mol. The van der Waals surface area contributed by atoms with Crippen LogP contribution in [0.3, 0.4) is 0 Å². The molecule has 154 valence electrons. The highest BCUT2D eigenvalue weighted by molar-refractivity contribution is 9.10. The van der Waals surface area contributed by atoms with E-state index in [1.54, 1.807) is 18.2 Å². The Morgan fingerprint density at radius 2 is 1.93 bits per heavy atom. The van der Waals surface area contributed by atoms with Gasteiger partial charge in [0.05, 0.1) is 37.0 Å². The molecule has 0 saturated carbocycles. The van der Waals surface area contributed by atoms with E-state index in [1.165, 1.54) is 19.2 Å². The topological polar surface area (TPSA) is 79.9 Å². The third-order valence-electron chi connectivity index (χ3n) is 4.38. The van der Waals surface area contributed by atoms with Gasteiger partial charge >= 0.3 is 0 Å².